The van der Waals surface area contributed by atoms with Gasteiger partial charge in [-0.25, -0.2) is 4.79 Å². The third-order valence-corrected chi connectivity index (χ3v) is 8.19. The van der Waals surface area contributed by atoms with Crippen molar-refractivity contribution in [1.29, 1.82) is 0 Å². The highest BCUT2D eigenvalue weighted by molar-refractivity contribution is 7.10. The first-order chi connectivity index (χ1) is 17.5. The van der Waals surface area contributed by atoms with Crippen molar-refractivity contribution in [2.45, 2.75) is 52.0 Å². The summed E-state index contributed by atoms with van der Waals surface area (Å²) in [4.78, 5) is 33.7. The predicted molar refractivity (Wildman–Crippen MR) is 145 cm³/mol. The van der Waals surface area contributed by atoms with Crippen LogP contribution in [0.4, 0.5) is 4.79 Å². The van der Waals surface area contributed by atoms with Crippen LogP contribution in [0, 0.1) is 0 Å². The Labute approximate surface area is 219 Å². The Morgan fingerprint density at radius 1 is 1.14 bits per heavy atom. The van der Waals surface area contributed by atoms with E-state index in [0.717, 1.165) is 31.8 Å². The number of nitrogens with one attached hydrogen (secondary N) is 1. The highest BCUT2D eigenvalue weighted by Gasteiger charge is 2.33. The molecule has 1 aromatic heterocycles. The van der Waals surface area contributed by atoms with Crippen molar-refractivity contribution in [2.75, 3.05) is 52.4 Å². The van der Waals surface area contributed by atoms with E-state index in [1.54, 1.807) is 16.2 Å². The highest BCUT2D eigenvalue weighted by atomic mass is 32.1. The molecule has 8 heteroatoms. The molecule has 3 heterocycles. The summed E-state index contributed by atoms with van der Waals surface area (Å²) in [5.41, 5.74) is 2.44. The second kappa shape index (κ2) is 12.6. The third kappa shape index (κ3) is 6.59. The molecular formula is C28H40N4O3S. The van der Waals surface area contributed by atoms with E-state index in [1.165, 1.54) is 28.8 Å². The lowest BCUT2D eigenvalue weighted by molar-refractivity contribution is -0.135. The van der Waals surface area contributed by atoms with Crippen molar-refractivity contribution in [2.24, 2.45) is 0 Å². The molecule has 0 spiro atoms. The topological polar surface area (TPSA) is 65.1 Å². The fourth-order valence-corrected chi connectivity index (χ4v) is 5.96. The third-order valence-electron chi connectivity index (χ3n) is 7.20. The van der Waals surface area contributed by atoms with E-state index < -0.39 is 0 Å². The molecule has 3 amide bonds. The van der Waals surface area contributed by atoms with E-state index in [2.05, 4.69) is 47.6 Å². The van der Waals surface area contributed by atoms with Gasteiger partial charge in [0.1, 0.15) is 18.9 Å². The number of nitrogens with zero attached hydrogens (tertiary/aromatic N) is 3. The number of ether oxygens (including phenoxy) is 1. The van der Waals surface area contributed by atoms with E-state index in [4.69, 9.17) is 4.74 Å². The Morgan fingerprint density at radius 2 is 1.89 bits per heavy atom. The zero-order chi connectivity index (χ0) is 25.5. The molecule has 196 valence electrons. The molecule has 0 bridgehead atoms. The van der Waals surface area contributed by atoms with E-state index in [9.17, 15) is 9.59 Å². The number of amides is 3. The van der Waals surface area contributed by atoms with E-state index in [1.807, 2.05) is 24.0 Å². The van der Waals surface area contributed by atoms with Gasteiger partial charge in [-0.2, -0.15) is 0 Å². The summed E-state index contributed by atoms with van der Waals surface area (Å²) in [5.74, 6) is 1.25. The standard InChI is InChI=1S/C28H40N4O3S/c1-4-29-28(34)31(17-16-30-13-5-6-14-30)19-27(33)32-15-11-26-24(12-18-36-26)25(32)20-35-23-9-7-22(8-10-23)21(2)3/h7-10,12,18,21,25H,4-6,11,13-17,19-20H2,1-3H3,(H,29,34)/t25-/m0/s1. The number of rotatable bonds is 10. The predicted octanol–water partition coefficient (Wildman–Crippen LogP) is 4.50. The van der Waals surface area contributed by atoms with Gasteiger partial charge in [0.05, 0.1) is 6.04 Å². The van der Waals surface area contributed by atoms with Crippen LogP contribution >= 0.6 is 11.3 Å². The number of hydrogen-bond acceptors (Lipinski definition) is 5. The zero-order valence-electron chi connectivity index (χ0n) is 21.9. The van der Waals surface area contributed by atoms with Crippen molar-refractivity contribution in [3.63, 3.8) is 0 Å². The SMILES string of the molecule is CCNC(=O)N(CCN1CCCC1)CC(=O)N1CCc2sccc2[C@@H]1COc1ccc(C(C)C)cc1. The Kier molecular flexibility index (Phi) is 9.26. The second-order valence-corrected chi connectivity index (χ2v) is 11.0. The maximum atomic E-state index is 13.6. The summed E-state index contributed by atoms with van der Waals surface area (Å²) in [6.07, 6.45) is 3.25. The first-order valence-corrected chi connectivity index (χ1v) is 14.2. The fraction of sp³-hybridized carbons (Fsp3) is 0.571. The van der Waals surface area contributed by atoms with E-state index in [-0.39, 0.29) is 24.5 Å². The molecule has 0 aliphatic carbocycles. The van der Waals surface area contributed by atoms with Gasteiger partial charge in [-0.3, -0.25) is 4.79 Å². The minimum Gasteiger partial charge on any atom is -0.491 e. The molecule has 2 aliphatic heterocycles. The molecule has 0 unspecified atom stereocenters. The van der Waals surface area contributed by atoms with Crippen LogP contribution in [0.15, 0.2) is 35.7 Å². The van der Waals surface area contributed by atoms with Gasteiger partial charge in [-0.15, -0.1) is 11.3 Å². The molecular weight excluding hydrogens is 472 g/mol. The minimum absolute atomic E-state index is 0.0247. The quantitative estimate of drug-likeness (QED) is 0.509. The molecule has 0 radical (unpaired) electrons. The van der Waals surface area contributed by atoms with Gasteiger partial charge >= 0.3 is 6.03 Å². The summed E-state index contributed by atoms with van der Waals surface area (Å²) in [5, 5.41) is 4.98. The van der Waals surface area contributed by atoms with Crippen LogP contribution in [0.1, 0.15) is 61.6 Å². The van der Waals surface area contributed by atoms with Gasteiger partial charge in [0.25, 0.3) is 0 Å². The second-order valence-electron chi connectivity index (χ2n) is 9.99. The molecule has 1 aromatic carbocycles. The van der Waals surface area contributed by atoms with Crippen LogP contribution in [0.2, 0.25) is 0 Å². The number of hydrogen-bond donors (Lipinski definition) is 1. The Bertz CT molecular complexity index is 1000. The van der Waals surface area contributed by atoms with Crippen molar-refractivity contribution in [3.8, 4) is 5.75 Å². The summed E-state index contributed by atoms with van der Waals surface area (Å²) in [6.45, 7) is 11.4. The molecule has 2 aliphatic rings. The van der Waals surface area contributed by atoms with Gasteiger partial charge < -0.3 is 24.8 Å². The van der Waals surface area contributed by atoms with Crippen molar-refractivity contribution >= 4 is 23.3 Å². The van der Waals surface area contributed by atoms with Crippen LogP contribution < -0.4 is 10.1 Å². The zero-order valence-corrected chi connectivity index (χ0v) is 22.7. The lowest BCUT2D eigenvalue weighted by Crippen LogP contribution is -2.51. The van der Waals surface area contributed by atoms with E-state index >= 15 is 0 Å². The Balaban J connectivity index is 1.44. The Hall–Kier alpha value is -2.58. The number of urea groups is 1. The average molecular weight is 513 g/mol. The fourth-order valence-electron chi connectivity index (χ4n) is 5.04. The molecule has 7 nitrogen and oxygen atoms in total. The maximum Gasteiger partial charge on any atom is 0.317 e. The molecule has 1 N–H and O–H groups in total. The van der Waals surface area contributed by atoms with Gasteiger partial charge in [0, 0.05) is 31.1 Å². The molecule has 4 rings (SSSR count). The number of carbonyl (C=O) groups excluding carboxylic acids is 2. The summed E-state index contributed by atoms with van der Waals surface area (Å²) >= 11 is 1.74. The number of thiophene rings is 1. The molecule has 0 saturated carbocycles. The molecule has 1 saturated heterocycles. The largest absolute Gasteiger partial charge is 0.491 e. The van der Waals surface area contributed by atoms with Crippen LogP contribution in [0.3, 0.4) is 0 Å². The van der Waals surface area contributed by atoms with Gasteiger partial charge in [-0.05, 0) is 79.9 Å². The Morgan fingerprint density at radius 3 is 2.58 bits per heavy atom. The number of benzene rings is 1. The van der Waals surface area contributed by atoms with Crippen LogP contribution in [0.5, 0.6) is 5.75 Å². The van der Waals surface area contributed by atoms with Crippen LogP contribution in [-0.4, -0.2) is 79.1 Å². The monoisotopic (exact) mass is 512 g/mol. The van der Waals surface area contributed by atoms with Gasteiger partial charge in [0.2, 0.25) is 5.91 Å². The van der Waals surface area contributed by atoms with Crippen LogP contribution in [-0.2, 0) is 11.2 Å². The molecule has 36 heavy (non-hydrogen) atoms. The number of likely N-dealkylation sites (tertiary alicyclic amines) is 1. The van der Waals surface area contributed by atoms with E-state index in [0.29, 0.717) is 32.2 Å². The smallest absolute Gasteiger partial charge is 0.317 e. The van der Waals surface area contributed by atoms with Gasteiger partial charge in [0.15, 0.2) is 0 Å². The first kappa shape index (κ1) is 26.5. The molecule has 1 fully saturated rings. The van der Waals surface area contributed by atoms with Crippen molar-refractivity contribution in [1.82, 2.24) is 20.0 Å². The first-order valence-electron chi connectivity index (χ1n) is 13.3. The van der Waals surface area contributed by atoms with Gasteiger partial charge in [-0.1, -0.05) is 26.0 Å². The number of fused-ring (bicyclic) bond motifs is 1. The maximum absolute atomic E-state index is 13.6. The lowest BCUT2D eigenvalue weighted by atomic mass is 10.00. The normalized spacial score (nSPS) is 17.8. The lowest BCUT2D eigenvalue weighted by Gasteiger charge is -2.37. The van der Waals surface area contributed by atoms with Crippen molar-refractivity contribution < 1.29 is 14.3 Å². The average Bonchev–Trinajstić information content (AvgIpc) is 3.57. The summed E-state index contributed by atoms with van der Waals surface area (Å²) < 4.78 is 6.20. The molecule has 1 atom stereocenters. The molecule has 2 aromatic rings. The van der Waals surface area contributed by atoms with Crippen LogP contribution in [0.25, 0.3) is 0 Å². The number of carbonyl (C=O) groups is 2. The summed E-state index contributed by atoms with van der Waals surface area (Å²) in [6, 6.07) is 10.0. The van der Waals surface area contributed by atoms with Crippen molar-refractivity contribution in [3.05, 3.63) is 51.7 Å². The minimum atomic E-state index is -0.170. The summed E-state index contributed by atoms with van der Waals surface area (Å²) in [7, 11) is 0. The highest BCUT2D eigenvalue weighted by Crippen LogP contribution is 2.34.